The number of allylic oxidation sites excluding steroid dienone is 1. The van der Waals surface area contributed by atoms with Crippen LogP contribution in [0.5, 0.6) is 0 Å². The predicted molar refractivity (Wildman–Crippen MR) is 87.2 cm³/mol. The Labute approximate surface area is 135 Å². The number of rotatable bonds is 5. The minimum atomic E-state index is -4.13. The van der Waals surface area contributed by atoms with Gasteiger partial charge in [-0.05, 0) is 25.7 Å². The fourth-order valence-corrected chi connectivity index (χ4v) is 3.98. The van der Waals surface area contributed by atoms with E-state index in [0.29, 0.717) is 18.4 Å². The number of hydrogen-bond acceptors (Lipinski definition) is 4. The van der Waals surface area contributed by atoms with Crippen molar-refractivity contribution >= 4 is 21.7 Å². The molecule has 1 aliphatic rings. The van der Waals surface area contributed by atoms with Crippen LogP contribution in [0.25, 0.3) is 0 Å². The Morgan fingerprint density at radius 3 is 2.61 bits per heavy atom. The van der Waals surface area contributed by atoms with Gasteiger partial charge in [-0.15, -0.1) is 6.58 Å². The van der Waals surface area contributed by atoms with Crippen molar-refractivity contribution in [3.05, 3.63) is 48.6 Å². The molecule has 2 atom stereocenters. The summed E-state index contributed by atoms with van der Waals surface area (Å²) in [6, 6.07) is 7.83. The molecule has 1 fully saturated rings. The van der Waals surface area contributed by atoms with Crippen molar-refractivity contribution in [2.45, 2.75) is 36.5 Å². The normalized spacial score (nSPS) is 25.3. The predicted octanol–water partition coefficient (Wildman–Crippen LogP) is 1.14. The smallest absolute Gasteiger partial charge is 0.243 e. The average molecular weight is 336 g/mol. The summed E-state index contributed by atoms with van der Waals surface area (Å²) < 4.78 is 22.2. The van der Waals surface area contributed by atoms with Crippen LogP contribution in [0, 0.1) is 0 Å². The minimum absolute atomic E-state index is 0.0717. The summed E-state index contributed by atoms with van der Waals surface area (Å²) in [5.41, 5.74) is 0.477. The van der Waals surface area contributed by atoms with Crippen LogP contribution >= 0.6 is 0 Å². The largest absolute Gasteiger partial charge is 0.344 e. The third-order valence-electron chi connectivity index (χ3n) is 4.19. The molecular formula is C16H20N2O4S. The number of Topliss-reactive ketones (excluding diaryl/α,β-unsaturated/α-hetero) is 1. The second-order valence-corrected chi connectivity index (χ2v) is 7.55. The molecule has 124 valence electrons. The van der Waals surface area contributed by atoms with Crippen LogP contribution in [-0.2, 0) is 14.8 Å². The Balaban J connectivity index is 2.30. The monoisotopic (exact) mass is 336 g/mol. The first kappa shape index (κ1) is 17.4. The first-order chi connectivity index (χ1) is 10.8. The highest BCUT2D eigenvalue weighted by molar-refractivity contribution is 7.91. The van der Waals surface area contributed by atoms with Crippen LogP contribution in [0.4, 0.5) is 0 Å². The molecule has 0 spiro atoms. The Hall–Kier alpha value is -1.99. The molecule has 1 saturated heterocycles. The fraction of sp³-hybridized carbons (Fsp3) is 0.375. The molecule has 0 saturated carbocycles. The van der Waals surface area contributed by atoms with Gasteiger partial charge >= 0.3 is 0 Å². The lowest BCUT2D eigenvalue weighted by Gasteiger charge is -2.27. The van der Waals surface area contributed by atoms with Gasteiger partial charge in [0.25, 0.3) is 0 Å². The highest BCUT2D eigenvalue weighted by Crippen LogP contribution is 2.31. The molecule has 2 rings (SSSR count). The molecule has 1 amide bonds. The van der Waals surface area contributed by atoms with Gasteiger partial charge in [0.15, 0.2) is 10.5 Å². The van der Waals surface area contributed by atoms with Gasteiger partial charge in [-0.2, -0.15) is 0 Å². The zero-order chi connectivity index (χ0) is 17.1. The van der Waals surface area contributed by atoms with Crippen LogP contribution < -0.4 is 10.5 Å². The zero-order valence-corrected chi connectivity index (χ0v) is 13.5. The van der Waals surface area contributed by atoms with Crippen molar-refractivity contribution in [2.75, 3.05) is 0 Å². The quantitative estimate of drug-likeness (QED) is 0.621. The van der Waals surface area contributed by atoms with Gasteiger partial charge in [0.2, 0.25) is 15.9 Å². The summed E-state index contributed by atoms with van der Waals surface area (Å²) in [5, 5.41) is 7.87. The molecule has 0 bridgehead atoms. The van der Waals surface area contributed by atoms with Gasteiger partial charge in [-0.25, -0.2) is 13.6 Å². The first-order valence-electron chi connectivity index (χ1n) is 7.35. The third-order valence-corrected chi connectivity index (χ3v) is 5.83. The average Bonchev–Trinajstić information content (AvgIpc) is 2.68. The molecule has 1 aliphatic heterocycles. The van der Waals surface area contributed by atoms with Crippen molar-refractivity contribution in [2.24, 2.45) is 5.14 Å². The molecule has 0 aromatic heterocycles. The molecule has 1 aromatic carbocycles. The minimum Gasteiger partial charge on any atom is -0.344 e. The second kappa shape index (κ2) is 6.64. The van der Waals surface area contributed by atoms with Gasteiger partial charge in [-0.3, -0.25) is 9.59 Å². The number of amides is 1. The van der Waals surface area contributed by atoms with Crippen molar-refractivity contribution in [1.82, 2.24) is 5.32 Å². The van der Waals surface area contributed by atoms with Gasteiger partial charge in [0, 0.05) is 5.56 Å². The summed E-state index contributed by atoms with van der Waals surface area (Å²) in [6.07, 6.45) is 2.12. The van der Waals surface area contributed by atoms with Crippen LogP contribution in [0.15, 0.2) is 43.0 Å². The summed E-state index contributed by atoms with van der Waals surface area (Å²) in [4.78, 5) is 25.0. The Morgan fingerprint density at radius 2 is 2.04 bits per heavy atom. The summed E-state index contributed by atoms with van der Waals surface area (Å²) >= 11 is 0. The van der Waals surface area contributed by atoms with Crippen molar-refractivity contribution < 1.29 is 18.0 Å². The maximum atomic E-state index is 12.5. The summed E-state index contributed by atoms with van der Waals surface area (Å²) in [5.74, 6) is -0.963. The number of carbonyl (C=O) groups excluding carboxylic acids is 2. The van der Waals surface area contributed by atoms with E-state index in [2.05, 4.69) is 11.9 Å². The zero-order valence-electron chi connectivity index (χ0n) is 12.7. The van der Waals surface area contributed by atoms with Gasteiger partial charge in [0.1, 0.15) is 0 Å². The standard InChI is InChI=1S/C16H20N2O4S/c1-2-10-16(23(17,21)22)11-6-9-13(18-15(16)20)14(19)12-7-4-3-5-8-12/h2-5,7-8,13H,1,6,9-11H2,(H,18,20)(H2,17,21,22). The number of nitrogens with one attached hydrogen (secondary N) is 1. The molecule has 23 heavy (non-hydrogen) atoms. The topological polar surface area (TPSA) is 106 Å². The molecule has 6 nitrogen and oxygen atoms in total. The van der Waals surface area contributed by atoms with E-state index < -0.39 is 26.7 Å². The van der Waals surface area contributed by atoms with Crippen LogP contribution in [-0.4, -0.2) is 30.9 Å². The molecule has 0 radical (unpaired) electrons. The summed E-state index contributed by atoms with van der Waals surface area (Å²) in [6.45, 7) is 3.51. The van der Waals surface area contributed by atoms with Crippen molar-refractivity contribution in [3.8, 4) is 0 Å². The van der Waals surface area contributed by atoms with E-state index in [1.165, 1.54) is 6.08 Å². The van der Waals surface area contributed by atoms with Crippen molar-refractivity contribution in [1.29, 1.82) is 0 Å². The van der Waals surface area contributed by atoms with E-state index >= 15 is 0 Å². The van der Waals surface area contributed by atoms with E-state index in [-0.39, 0.29) is 18.6 Å². The highest BCUT2D eigenvalue weighted by Gasteiger charge is 2.50. The molecule has 0 aliphatic carbocycles. The van der Waals surface area contributed by atoms with Gasteiger partial charge in [-0.1, -0.05) is 36.4 Å². The number of ketones is 1. The number of primary sulfonamides is 1. The van der Waals surface area contributed by atoms with E-state index in [1.807, 2.05) is 0 Å². The lowest BCUT2D eigenvalue weighted by atomic mass is 9.96. The van der Waals surface area contributed by atoms with E-state index in [9.17, 15) is 18.0 Å². The lowest BCUT2D eigenvalue weighted by Crippen LogP contribution is -2.56. The number of sulfonamides is 1. The van der Waals surface area contributed by atoms with E-state index in [0.717, 1.165) is 0 Å². The maximum absolute atomic E-state index is 12.5. The Kier molecular flexibility index (Phi) is 5.01. The van der Waals surface area contributed by atoms with Crippen LogP contribution in [0.1, 0.15) is 36.0 Å². The fourth-order valence-electron chi connectivity index (χ4n) is 2.88. The van der Waals surface area contributed by atoms with Gasteiger partial charge in [0.05, 0.1) is 6.04 Å². The number of carbonyl (C=O) groups is 2. The third kappa shape index (κ3) is 3.35. The highest BCUT2D eigenvalue weighted by atomic mass is 32.2. The Morgan fingerprint density at radius 1 is 1.39 bits per heavy atom. The SMILES string of the molecule is C=CCC1(S(N)(=O)=O)CCCC(C(=O)c2ccccc2)NC1=O. The van der Waals surface area contributed by atoms with Crippen molar-refractivity contribution in [3.63, 3.8) is 0 Å². The van der Waals surface area contributed by atoms with Crippen LogP contribution in [0.3, 0.4) is 0 Å². The van der Waals surface area contributed by atoms with Gasteiger partial charge < -0.3 is 5.32 Å². The molecule has 1 aromatic rings. The molecule has 3 N–H and O–H groups in total. The lowest BCUT2D eigenvalue weighted by molar-refractivity contribution is -0.123. The molecule has 7 heteroatoms. The molecular weight excluding hydrogens is 316 g/mol. The second-order valence-electron chi connectivity index (χ2n) is 5.68. The maximum Gasteiger partial charge on any atom is 0.243 e. The number of hydrogen-bond donors (Lipinski definition) is 2. The Bertz CT molecular complexity index is 715. The summed E-state index contributed by atoms with van der Waals surface area (Å²) in [7, 11) is -4.13. The number of nitrogens with two attached hydrogens (primary N) is 1. The first-order valence-corrected chi connectivity index (χ1v) is 8.90. The van der Waals surface area contributed by atoms with E-state index in [4.69, 9.17) is 5.14 Å². The number of benzene rings is 1. The van der Waals surface area contributed by atoms with E-state index in [1.54, 1.807) is 30.3 Å². The molecule has 1 heterocycles. The van der Waals surface area contributed by atoms with Crippen LogP contribution in [0.2, 0.25) is 0 Å². The molecule has 2 unspecified atom stereocenters.